The Hall–Kier alpha value is -2.74. The average Bonchev–Trinajstić information content (AvgIpc) is 3.25. The molecule has 1 saturated heterocycles. The molecule has 1 aliphatic heterocycles. The molecule has 2 heterocycles. The number of fused-ring (bicyclic) bond motifs is 1. The van der Waals surface area contributed by atoms with E-state index in [0.29, 0.717) is 31.3 Å². The molecule has 7 nitrogen and oxygen atoms in total. The quantitative estimate of drug-likeness (QED) is 0.775. The molecule has 0 bridgehead atoms. The molecule has 1 aromatic carbocycles. The highest BCUT2D eigenvalue weighted by Crippen LogP contribution is 2.29. The fraction of sp³-hybridized carbons (Fsp3) is 0.478. The topological polar surface area (TPSA) is 82.6 Å². The van der Waals surface area contributed by atoms with Gasteiger partial charge in [-0.3, -0.25) is 14.4 Å². The van der Waals surface area contributed by atoms with Crippen molar-refractivity contribution in [2.45, 2.75) is 45.4 Å². The first kappa shape index (κ1) is 21.5. The minimum atomic E-state index is -0.206. The van der Waals surface area contributed by atoms with E-state index in [0.717, 1.165) is 24.1 Å². The van der Waals surface area contributed by atoms with Crippen LogP contribution in [0.15, 0.2) is 23.6 Å². The highest BCUT2D eigenvalue weighted by atomic mass is 32.1. The molecule has 1 N–H and O–H groups in total. The Labute approximate surface area is 186 Å². The van der Waals surface area contributed by atoms with Crippen molar-refractivity contribution in [3.63, 3.8) is 0 Å². The van der Waals surface area contributed by atoms with Crippen molar-refractivity contribution in [3.05, 3.63) is 34.7 Å². The first-order valence-electron chi connectivity index (χ1n) is 10.9. The van der Waals surface area contributed by atoms with Gasteiger partial charge >= 0.3 is 0 Å². The third-order valence-electron chi connectivity index (χ3n) is 6.04. The maximum Gasteiger partial charge on any atom is 0.226 e. The van der Waals surface area contributed by atoms with Crippen LogP contribution in [0.4, 0.5) is 5.13 Å². The van der Waals surface area contributed by atoms with E-state index in [-0.39, 0.29) is 30.6 Å². The summed E-state index contributed by atoms with van der Waals surface area (Å²) in [4.78, 5) is 44.1. The molecule has 164 valence electrons. The maximum atomic E-state index is 12.4. The van der Waals surface area contributed by atoms with Gasteiger partial charge in [-0.15, -0.1) is 11.3 Å². The summed E-state index contributed by atoms with van der Waals surface area (Å²) >= 11 is 1.40. The van der Waals surface area contributed by atoms with E-state index in [9.17, 15) is 14.4 Å². The maximum absolute atomic E-state index is 12.4. The van der Waals surface area contributed by atoms with Gasteiger partial charge in [-0.1, -0.05) is 12.1 Å². The molecule has 8 heteroatoms. The fourth-order valence-electron chi connectivity index (χ4n) is 4.19. The minimum Gasteiger partial charge on any atom is -0.339 e. The number of thiazole rings is 1. The van der Waals surface area contributed by atoms with Crippen molar-refractivity contribution in [2.24, 2.45) is 0 Å². The lowest BCUT2D eigenvalue weighted by Gasteiger charge is -2.34. The zero-order valence-corrected chi connectivity index (χ0v) is 18.7. The van der Waals surface area contributed by atoms with E-state index in [1.165, 1.54) is 42.2 Å². The number of carbonyl (C=O) groups is 3. The predicted molar refractivity (Wildman–Crippen MR) is 121 cm³/mol. The van der Waals surface area contributed by atoms with Crippen LogP contribution in [-0.4, -0.2) is 58.7 Å². The predicted octanol–water partition coefficient (Wildman–Crippen LogP) is 3.10. The van der Waals surface area contributed by atoms with Crippen LogP contribution < -0.4 is 5.32 Å². The summed E-state index contributed by atoms with van der Waals surface area (Å²) < 4.78 is 0. The number of hydrogen-bond donors (Lipinski definition) is 1. The molecular formula is C23H28N4O3S. The van der Waals surface area contributed by atoms with Crippen LogP contribution in [0.3, 0.4) is 0 Å². The summed E-state index contributed by atoms with van der Waals surface area (Å²) in [6.07, 6.45) is 5.05. The van der Waals surface area contributed by atoms with Crippen LogP contribution in [0.2, 0.25) is 0 Å². The van der Waals surface area contributed by atoms with Crippen LogP contribution in [0.5, 0.6) is 0 Å². The largest absolute Gasteiger partial charge is 0.339 e. The summed E-state index contributed by atoms with van der Waals surface area (Å²) in [6.45, 7) is 3.69. The molecule has 1 aromatic heterocycles. The van der Waals surface area contributed by atoms with Crippen LogP contribution in [0.25, 0.3) is 11.3 Å². The molecule has 31 heavy (non-hydrogen) atoms. The lowest BCUT2D eigenvalue weighted by atomic mass is 9.90. The van der Waals surface area contributed by atoms with E-state index in [2.05, 4.69) is 28.5 Å². The Bertz CT molecular complexity index is 979. The molecule has 0 atom stereocenters. The van der Waals surface area contributed by atoms with E-state index < -0.39 is 0 Å². The molecule has 0 saturated carbocycles. The number of nitrogens with zero attached hydrogens (tertiary/aromatic N) is 3. The van der Waals surface area contributed by atoms with Gasteiger partial charge in [0.25, 0.3) is 0 Å². The van der Waals surface area contributed by atoms with E-state index in [1.807, 2.05) is 5.38 Å². The SMILES string of the molecule is CC(=O)N1CCN(C(=O)CCC(=O)Nc2nc(-c3ccc4c(c3)CCCC4)cs2)CC1. The molecular weight excluding hydrogens is 412 g/mol. The number of benzene rings is 1. The van der Waals surface area contributed by atoms with Gasteiger partial charge in [0, 0.05) is 56.9 Å². The summed E-state index contributed by atoms with van der Waals surface area (Å²) in [5.74, 6) is -0.223. The molecule has 0 unspecified atom stereocenters. The van der Waals surface area contributed by atoms with Crippen molar-refractivity contribution in [1.29, 1.82) is 0 Å². The van der Waals surface area contributed by atoms with Crippen LogP contribution in [-0.2, 0) is 27.2 Å². The molecule has 2 aliphatic rings. The summed E-state index contributed by atoms with van der Waals surface area (Å²) in [5.41, 5.74) is 4.79. The number of aromatic nitrogens is 1. The molecule has 1 fully saturated rings. The molecule has 2 aromatic rings. The molecule has 3 amide bonds. The van der Waals surface area contributed by atoms with Crippen LogP contribution in [0, 0.1) is 0 Å². The van der Waals surface area contributed by atoms with Gasteiger partial charge in [-0.2, -0.15) is 0 Å². The Balaban J connectivity index is 1.27. The minimum absolute atomic E-state index is 0.0321. The Morgan fingerprint density at radius 1 is 1.00 bits per heavy atom. The van der Waals surface area contributed by atoms with Gasteiger partial charge < -0.3 is 15.1 Å². The van der Waals surface area contributed by atoms with E-state index >= 15 is 0 Å². The number of hydrogen-bond acceptors (Lipinski definition) is 5. The molecule has 0 radical (unpaired) electrons. The Morgan fingerprint density at radius 2 is 1.71 bits per heavy atom. The van der Waals surface area contributed by atoms with Crippen molar-refractivity contribution >= 4 is 34.2 Å². The summed E-state index contributed by atoms with van der Waals surface area (Å²) in [7, 11) is 0. The van der Waals surface area contributed by atoms with E-state index in [4.69, 9.17) is 0 Å². The molecule has 0 spiro atoms. The lowest BCUT2D eigenvalue weighted by molar-refractivity contribution is -0.138. The Kier molecular flexibility index (Phi) is 6.65. The van der Waals surface area contributed by atoms with Crippen LogP contribution >= 0.6 is 11.3 Å². The van der Waals surface area contributed by atoms with Gasteiger partial charge in [0.1, 0.15) is 0 Å². The van der Waals surface area contributed by atoms with Crippen molar-refractivity contribution in [1.82, 2.24) is 14.8 Å². The Morgan fingerprint density at radius 3 is 2.45 bits per heavy atom. The second-order valence-electron chi connectivity index (χ2n) is 8.16. The standard InChI is InChI=1S/C23H28N4O3S/c1-16(28)26-10-12-27(13-11-26)22(30)9-8-21(29)25-23-24-20(15-31-23)19-7-6-17-4-2-3-5-18(17)14-19/h6-7,14-15H,2-5,8-13H2,1H3,(H,24,25,29). The van der Waals surface area contributed by atoms with Crippen molar-refractivity contribution in [2.75, 3.05) is 31.5 Å². The smallest absolute Gasteiger partial charge is 0.226 e. The lowest BCUT2D eigenvalue weighted by Crippen LogP contribution is -2.50. The van der Waals surface area contributed by atoms with Gasteiger partial charge in [-0.25, -0.2) is 4.98 Å². The zero-order chi connectivity index (χ0) is 21.8. The van der Waals surface area contributed by atoms with Gasteiger partial charge in [0.05, 0.1) is 5.69 Å². The van der Waals surface area contributed by atoms with Crippen molar-refractivity contribution < 1.29 is 14.4 Å². The average molecular weight is 441 g/mol. The highest BCUT2D eigenvalue weighted by Gasteiger charge is 2.22. The molecule has 1 aliphatic carbocycles. The number of piperazine rings is 1. The van der Waals surface area contributed by atoms with Gasteiger partial charge in [-0.05, 0) is 42.9 Å². The molecule has 4 rings (SSSR count). The third kappa shape index (κ3) is 5.31. The van der Waals surface area contributed by atoms with E-state index in [1.54, 1.807) is 9.80 Å². The van der Waals surface area contributed by atoms with Crippen molar-refractivity contribution in [3.8, 4) is 11.3 Å². The normalized spacial score (nSPS) is 16.0. The zero-order valence-electron chi connectivity index (χ0n) is 17.9. The first-order chi connectivity index (χ1) is 15.0. The summed E-state index contributed by atoms with van der Waals surface area (Å²) in [5, 5.41) is 5.33. The number of nitrogens with one attached hydrogen (secondary N) is 1. The van der Waals surface area contributed by atoms with Gasteiger partial charge in [0.2, 0.25) is 17.7 Å². The highest BCUT2D eigenvalue weighted by molar-refractivity contribution is 7.14. The number of aryl methyl sites for hydroxylation is 2. The number of carbonyl (C=O) groups excluding carboxylic acids is 3. The summed E-state index contributed by atoms with van der Waals surface area (Å²) in [6, 6.07) is 6.53. The van der Waals surface area contributed by atoms with Crippen LogP contribution in [0.1, 0.15) is 43.7 Å². The second-order valence-corrected chi connectivity index (χ2v) is 9.02. The fourth-order valence-corrected chi connectivity index (χ4v) is 4.92. The number of rotatable bonds is 5. The number of amides is 3. The monoisotopic (exact) mass is 440 g/mol. The van der Waals surface area contributed by atoms with Gasteiger partial charge in [0.15, 0.2) is 5.13 Å². The first-order valence-corrected chi connectivity index (χ1v) is 11.8. The third-order valence-corrected chi connectivity index (χ3v) is 6.80. The number of anilines is 1. The second kappa shape index (κ2) is 9.60.